The summed E-state index contributed by atoms with van der Waals surface area (Å²) in [7, 11) is 0. The molecule has 3 aromatic carbocycles. The van der Waals surface area contributed by atoms with E-state index in [0.29, 0.717) is 11.5 Å². The van der Waals surface area contributed by atoms with Gasteiger partial charge in [-0.1, -0.05) is 34.1 Å². The molecule has 4 rings (SSSR count). The van der Waals surface area contributed by atoms with Crippen LogP contribution in [-0.2, 0) is 4.79 Å². The van der Waals surface area contributed by atoms with E-state index >= 15 is 0 Å². The van der Waals surface area contributed by atoms with Crippen LogP contribution in [0.15, 0.2) is 76.8 Å². The lowest BCUT2D eigenvalue weighted by Gasteiger charge is -2.07. The van der Waals surface area contributed by atoms with Crippen molar-refractivity contribution >= 4 is 39.1 Å². The van der Waals surface area contributed by atoms with Crippen LogP contribution in [0, 0.1) is 5.82 Å². The van der Waals surface area contributed by atoms with E-state index in [1.807, 2.05) is 49.4 Å². The lowest BCUT2D eigenvalue weighted by Crippen LogP contribution is -1.96. The summed E-state index contributed by atoms with van der Waals surface area (Å²) in [5.74, 6) is 0.0611. The van der Waals surface area contributed by atoms with E-state index in [0.717, 1.165) is 37.9 Å². The number of fused-ring (bicyclic) bond motifs is 1. The van der Waals surface area contributed by atoms with Gasteiger partial charge in [-0.3, -0.25) is 4.79 Å². The maximum Gasteiger partial charge on any atom is 0.307 e. The first-order valence-corrected chi connectivity index (χ1v) is 10.2. The van der Waals surface area contributed by atoms with Gasteiger partial charge in [-0.25, -0.2) is 4.39 Å². The summed E-state index contributed by atoms with van der Waals surface area (Å²) in [4.78, 5) is 11.4. The van der Waals surface area contributed by atoms with Crippen LogP contribution in [0.1, 0.15) is 30.0 Å². The normalized spacial score (nSPS) is 14.2. The van der Waals surface area contributed by atoms with Crippen LogP contribution < -0.4 is 4.74 Å². The molecule has 3 aromatic rings. The molecule has 0 heterocycles. The van der Waals surface area contributed by atoms with Gasteiger partial charge in [0, 0.05) is 4.47 Å². The van der Waals surface area contributed by atoms with Crippen molar-refractivity contribution in [1.29, 1.82) is 0 Å². The molecule has 30 heavy (non-hydrogen) atoms. The van der Waals surface area contributed by atoms with Crippen molar-refractivity contribution in [3.8, 4) is 11.5 Å². The van der Waals surface area contributed by atoms with Crippen LogP contribution in [0.5, 0.6) is 11.5 Å². The third kappa shape index (κ3) is 4.21. The molecule has 1 aliphatic carbocycles. The van der Waals surface area contributed by atoms with Gasteiger partial charge in [0.15, 0.2) is 0 Å². The maximum atomic E-state index is 13.0. The molecular formula is C25H18BrFO3. The average Bonchev–Trinajstić information content (AvgIpc) is 2.96. The number of ether oxygens (including phenoxy) is 1. The molecule has 1 N–H and O–H groups in total. The summed E-state index contributed by atoms with van der Waals surface area (Å²) in [6, 6.07) is 19.4. The number of halogens is 2. The van der Waals surface area contributed by atoms with Crippen molar-refractivity contribution < 1.29 is 19.0 Å². The number of allylic oxidation sites excluding steroid dienone is 2. The maximum absolute atomic E-state index is 13.0. The van der Waals surface area contributed by atoms with Crippen molar-refractivity contribution in [2.45, 2.75) is 13.3 Å². The molecular weight excluding hydrogens is 447 g/mol. The number of hydrogen-bond donors (Lipinski definition) is 1. The molecule has 0 bridgehead atoms. The molecule has 0 aliphatic heterocycles. The lowest BCUT2D eigenvalue weighted by atomic mass is 10.0. The number of hydrogen-bond acceptors (Lipinski definition) is 2. The van der Waals surface area contributed by atoms with Crippen molar-refractivity contribution in [2.24, 2.45) is 0 Å². The van der Waals surface area contributed by atoms with Gasteiger partial charge in [-0.15, -0.1) is 0 Å². The first-order valence-electron chi connectivity index (χ1n) is 9.38. The summed E-state index contributed by atoms with van der Waals surface area (Å²) in [5.41, 5.74) is 5.77. The van der Waals surface area contributed by atoms with E-state index in [9.17, 15) is 14.3 Å². The Hall–Kier alpha value is -3.18. The van der Waals surface area contributed by atoms with Gasteiger partial charge < -0.3 is 9.84 Å². The fraction of sp³-hybridized carbons (Fsp3) is 0.0800. The van der Waals surface area contributed by atoms with Crippen molar-refractivity contribution in [1.82, 2.24) is 0 Å². The van der Waals surface area contributed by atoms with Gasteiger partial charge in [0.25, 0.3) is 0 Å². The molecule has 1 aliphatic rings. The van der Waals surface area contributed by atoms with Gasteiger partial charge in [-0.2, -0.15) is 0 Å². The number of carboxylic acid groups (broad SMARTS) is 1. The Bertz CT molecular complexity index is 1180. The van der Waals surface area contributed by atoms with Gasteiger partial charge in [0.05, 0.1) is 6.42 Å². The number of benzene rings is 3. The quantitative estimate of drug-likeness (QED) is 0.434. The van der Waals surface area contributed by atoms with Crippen LogP contribution in [0.4, 0.5) is 4.39 Å². The Balaban J connectivity index is 1.64. The van der Waals surface area contributed by atoms with Gasteiger partial charge in [0.1, 0.15) is 17.3 Å². The zero-order chi connectivity index (χ0) is 21.3. The van der Waals surface area contributed by atoms with E-state index in [4.69, 9.17) is 4.74 Å². The van der Waals surface area contributed by atoms with Gasteiger partial charge in [-0.05, 0) is 94.9 Å². The Morgan fingerprint density at radius 3 is 2.27 bits per heavy atom. The highest BCUT2D eigenvalue weighted by molar-refractivity contribution is 9.10. The zero-order valence-electron chi connectivity index (χ0n) is 16.2. The molecule has 0 saturated heterocycles. The summed E-state index contributed by atoms with van der Waals surface area (Å²) in [5, 5.41) is 9.33. The second-order valence-corrected chi connectivity index (χ2v) is 7.96. The highest BCUT2D eigenvalue weighted by Gasteiger charge is 2.25. The number of aliphatic carboxylic acids is 1. The predicted molar refractivity (Wildman–Crippen MR) is 120 cm³/mol. The topological polar surface area (TPSA) is 46.5 Å². The molecule has 0 amide bonds. The molecule has 0 fully saturated rings. The van der Waals surface area contributed by atoms with Gasteiger partial charge >= 0.3 is 5.97 Å². The zero-order valence-corrected chi connectivity index (χ0v) is 17.7. The molecule has 0 radical (unpaired) electrons. The largest absolute Gasteiger partial charge is 0.481 e. The summed E-state index contributed by atoms with van der Waals surface area (Å²) < 4.78 is 19.7. The molecule has 150 valence electrons. The monoisotopic (exact) mass is 464 g/mol. The number of rotatable bonds is 5. The Morgan fingerprint density at radius 2 is 1.63 bits per heavy atom. The van der Waals surface area contributed by atoms with E-state index in [-0.39, 0.29) is 12.2 Å². The second kappa shape index (κ2) is 8.28. The number of carboxylic acids is 1. The standard InChI is InChI=1S/C25H18BrFO3/c1-15-22(21-11-4-17(26)13-24(21)23(15)14-25(28)29)12-16-2-7-19(8-3-16)30-20-9-5-18(27)6-10-20/h2-13H,14H2,1H3,(H,28,29)/b22-12+. The molecule has 0 atom stereocenters. The minimum absolute atomic E-state index is 0.0168. The van der Waals surface area contributed by atoms with E-state index < -0.39 is 5.97 Å². The molecule has 5 heteroatoms. The lowest BCUT2D eigenvalue weighted by molar-refractivity contribution is -0.135. The van der Waals surface area contributed by atoms with Gasteiger partial charge in [0.2, 0.25) is 0 Å². The third-order valence-electron chi connectivity index (χ3n) is 5.02. The Kier molecular flexibility index (Phi) is 5.55. The highest BCUT2D eigenvalue weighted by atomic mass is 79.9. The molecule has 0 aromatic heterocycles. The van der Waals surface area contributed by atoms with Crippen molar-refractivity contribution in [2.75, 3.05) is 0 Å². The van der Waals surface area contributed by atoms with E-state index in [1.54, 1.807) is 12.1 Å². The van der Waals surface area contributed by atoms with Crippen LogP contribution in [0.3, 0.4) is 0 Å². The molecule has 0 saturated carbocycles. The van der Waals surface area contributed by atoms with Crippen LogP contribution >= 0.6 is 15.9 Å². The van der Waals surface area contributed by atoms with Crippen LogP contribution in [-0.4, -0.2) is 11.1 Å². The SMILES string of the molecule is CC1=C(CC(=O)O)c2cc(Br)ccc2/C1=C/c1ccc(Oc2ccc(F)cc2)cc1. The first-order chi connectivity index (χ1) is 14.4. The highest BCUT2D eigenvalue weighted by Crippen LogP contribution is 2.44. The summed E-state index contributed by atoms with van der Waals surface area (Å²) in [6.07, 6.45) is 2.04. The molecule has 0 unspecified atom stereocenters. The van der Waals surface area contributed by atoms with Crippen molar-refractivity contribution in [3.05, 3.63) is 99.3 Å². The molecule has 3 nitrogen and oxygen atoms in total. The van der Waals surface area contributed by atoms with Crippen LogP contribution in [0.2, 0.25) is 0 Å². The van der Waals surface area contributed by atoms with Crippen LogP contribution in [0.25, 0.3) is 17.2 Å². The van der Waals surface area contributed by atoms with Crippen molar-refractivity contribution in [3.63, 3.8) is 0 Å². The average molecular weight is 465 g/mol. The predicted octanol–water partition coefficient (Wildman–Crippen LogP) is 7.18. The summed E-state index contributed by atoms with van der Waals surface area (Å²) in [6.45, 7) is 1.96. The second-order valence-electron chi connectivity index (χ2n) is 7.05. The minimum atomic E-state index is -0.848. The Morgan fingerprint density at radius 1 is 1.00 bits per heavy atom. The Labute approximate surface area is 182 Å². The minimum Gasteiger partial charge on any atom is -0.481 e. The fourth-order valence-electron chi connectivity index (χ4n) is 3.57. The molecule has 0 spiro atoms. The smallest absolute Gasteiger partial charge is 0.307 e. The third-order valence-corrected chi connectivity index (χ3v) is 5.52. The van der Waals surface area contributed by atoms with E-state index in [2.05, 4.69) is 22.0 Å². The van der Waals surface area contributed by atoms with E-state index in [1.165, 1.54) is 12.1 Å². The summed E-state index contributed by atoms with van der Waals surface area (Å²) >= 11 is 3.48. The fourth-order valence-corrected chi connectivity index (χ4v) is 3.93. The first kappa shape index (κ1) is 20.1. The number of carbonyl (C=O) groups is 1.